The molecule has 0 saturated carbocycles. The Bertz CT molecular complexity index is 1170. The number of aromatic nitrogens is 4. The van der Waals surface area contributed by atoms with E-state index >= 15 is 0 Å². The first-order chi connectivity index (χ1) is 13.6. The Morgan fingerprint density at radius 2 is 1.93 bits per heavy atom. The van der Waals surface area contributed by atoms with Crippen LogP contribution in [0.2, 0.25) is 0 Å². The van der Waals surface area contributed by atoms with E-state index in [1.807, 2.05) is 31.2 Å². The van der Waals surface area contributed by atoms with Crippen molar-refractivity contribution >= 4 is 17.4 Å². The van der Waals surface area contributed by atoms with Crippen LogP contribution >= 0.6 is 11.8 Å². The van der Waals surface area contributed by atoms with Gasteiger partial charge in [0, 0.05) is 17.4 Å². The number of nitrogens with zero attached hydrogens (tertiary/aromatic N) is 3. The van der Waals surface area contributed by atoms with Gasteiger partial charge in [0.25, 0.3) is 5.56 Å². The van der Waals surface area contributed by atoms with Gasteiger partial charge in [-0.25, -0.2) is 18.9 Å². The van der Waals surface area contributed by atoms with Crippen LogP contribution in [0.5, 0.6) is 5.75 Å². The summed E-state index contributed by atoms with van der Waals surface area (Å²) in [7, 11) is 0. The molecule has 0 amide bonds. The summed E-state index contributed by atoms with van der Waals surface area (Å²) >= 11 is 1.44. The molecule has 0 fully saturated rings. The zero-order valence-electron chi connectivity index (χ0n) is 15.1. The monoisotopic (exact) mass is 396 g/mol. The maximum absolute atomic E-state index is 13.2. The number of fused-ring (bicyclic) bond motifs is 1. The number of hydrogen-bond donors (Lipinski definition) is 1. The number of aromatic amines is 1. The lowest BCUT2D eigenvalue weighted by atomic mass is 10.2. The fourth-order valence-corrected chi connectivity index (χ4v) is 3.48. The molecule has 2 aromatic carbocycles. The van der Waals surface area contributed by atoms with Crippen molar-refractivity contribution in [2.75, 3.05) is 12.4 Å². The van der Waals surface area contributed by atoms with E-state index in [1.54, 1.807) is 16.6 Å². The smallest absolute Gasteiger partial charge is 0.266 e. The molecule has 142 valence electrons. The third-order valence-electron chi connectivity index (χ3n) is 4.09. The highest BCUT2D eigenvalue weighted by Crippen LogP contribution is 2.22. The molecule has 4 rings (SSSR count). The number of H-pyrrole nitrogens is 1. The summed E-state index contributed by atoms with van der Waals surface area (Å²) in [6, 6.07) is 15.2. The molecule has 0 spiro atoms. The molecule has 0 atom stereocenters. The van der Waals surface area contributed by atoms with Crippen LogP contribution in [-0.4, -0.2) is 31.9 Å². The van der Waals surface area contributed by atoms with Crippen molar-refractivity contribution in [3.8, 4) is 17.1 Å². The van der Waals surface area contributed by atoms with Gasteiger partial charge >= 0.3 is 0 Å². The highest BCUT2D eigenvalue weighted by Gasteiger charge is 2.12. The second kappa shape index (κ2) is 7.85. The van der Waals surface area contributed by atoms with Gasteiger partial charge in [0.15, 0.2) is 16.6 Å². The summed E-state index contributed by atoms with van der Waals surface area (Å²) in [6.45, 7) is 2.48. The average Bonchev–Trinajstić information content (AvgIpc) is 3.07. The van der Waals surface area contributed by atoms with E-state index in [9.17, 15) is 9.18 Å². The van der Waals surface area contributed by atoms with E-state index in [1.165, 1.54) is 30.0 Å². The van der Waals surface area contributed by atoms with E-state index in [0.717, 1.165) is 11.3 Å². The minimum atomic E-state index is -0.328. The number of nitrogens with one attached hydrogen (secondary N) is 1. The number of halogens is 1. The molecule has 2 heterocycles. The van der Waals surface area contributed by atoms with Crippen LogP contribution < -0.4 is 10.3 Å². The van der Waals surface area contributed by atoms with Crippen LogP contribution in [0.4, 0.5) is 4.39 Å². The second-order valence-corrected chi connectivity index (χ2v) is 7.18. The molecule has 2 aromatic heterocycles. The van der Waals surface area contributed by atoms with Gasteiger partial charge in [-0.05, 0) is 42.8 Å². The molecule has 6 nitrogen and oxygen atoms in total. The summed E-state index contributed by atoms with van der Waals surface area (Å²) in [5.74, 6) is 1.58. The van der Waals surface area contributed by atoms with Gasteiger partial charge in [-0.2, -0.15) is 0 Å². The molecule has 0 aliphatic carbocycles. The average molecular weight is 396 g/mol. The van der Waals surface area contributed by atoms with Crippen LogP contribution in [0.25, 0.3) is 17.0 Å². The van der Waals surface area contributed by atoms with Crippen molar-refractivity contribution in [3.05, 3.63) is 76.3 Å². The zero-order valence-corrected chi connectivity index (χ0v) is 15.9. The Kier molecular flexibility index (Phi) is 5.12. The van der Waals surface area contributed by atoms with Crippen LogP contribution in [-0.2, 0) is 0 Å². The first-order valence-corrected chi connectivity index (χ1v) is 9.66. The molecule has 0 unspecified atom stereocenters. The Morgan fingerprint density at radius 1 is 1.14 bits per heavy atom. The Balaban J connectivity index is 1.56. The lowest BCUT2D eigenvalue weighted by molar-refractivity contribution is 0.341. The van der Waals surface area contributed by atoms with Crippen molar-refractivity contribution < 1.29 is 9.13 Å². The number of rotatable bonds is 6. The van der Waals surface area contributed by atoms with Crippen LogP contribution in [0.3, 0.4) is 0 Å². The molecular weight excluding hydrogens is 379 g/mol. The summed E-state index contributed by atoms with van der Waals surface area (Å²) in [6.07, 6.45) is 0. The summed E-state index contributed by atoms with van der Waals surface area (Å²) < 4.78 is 20.6. The number of aryl methyl sites for hydroxylation is 1. The molecular formula is C20H17FN4O2S. The number of ether oxygens (including phenoxy) is 1. The van der Waals surface area contributed by atoms with Gasteiger partial charge in [0.1, 0.15) is 11.6 Å². The van der Waals surface area contributed by atoms with Crippen molar-refractivity contribution in [2.24, 2.45) is 0 Å². The summed E-state index contributed by atoms with van der Waals surface area (Å²) in [5.41, 5.74) is 1.95. The minimum Gasteiger partial charge on any atom is -0.492 e. The maximum Gasteiger partial charge on any atom is 0.266 e. The molecule has 28 heavy (non-hydrogen) atoms. The number of hydrogen-bond acceptors (Lipinski definition) is 5. The zero-order chi connectivity index (χ0) is 19.5. The third kappa shape index (κ3) is 3.91. The predicted octanol–water partition coefficient (Wildman–Crippen LogP) is 3.70. The first-order valence-electron chi connectivity index (χ1n) is 8.67. The standard InChI is InChI=1S/C20H17FN4O2S/c1-13-4-2-3-5-16(13)27-10-11-28-20-23-19(14-6-8-15(21)9-7-14)22-17-12-18(26)24-25(17)20/h2-9,12H,10-11H2,1H3,(H,24,26). The molecule has 0 radical (unpaired) electrons. The molecule has 0 aliphatic rings. The summed E-state index contributed by atoms with van der Waals surface area (Å²) in [4.78, 5) is 20.7. The Morgan fingerprint density at radius 3 is 2.71 bits per heavy atom. The largest absolute Gasteiger partial charge is 0.492 e. The van der Waals surface area contributed by atoms with E-state index in [0.29, 0.717) is 34.6 Å². The lowest BCUT2D eigenvalue weighted by Gasteiger charge is -2.10. The SMILES string of the molecule is Cc1ccccc1OCCSc1nc(-c2ccc(F)cc2)nc2cc(=O)[nH]n12. The van der Waals surface area contributed by atoms with Gasteiger partial charge < -0.3 is 4.74 Å². The number of thioether (sulfide) groups is 1. The Labute approximate surface area is 164 Å². The lowest BCUT2D eigenvalue weighted by Crippen LogP contribution is -2.07. The number of benzene rings is 2. The van der Waals surface area contributed by atoms with Crippen molar-refractivity contribution in [1.82, 2.24) is 19.6 Å². The van der Waals surface area contributed by atoms with Crippen LogP contribution in [0.1, 0.15) is 5.56 Å². The molecule has 0 saturated heterocycles. The van der Waals surface area contributed by atoms with E-state index in [-0.39, 0.29) is 11.4 Å². The topological polar surface area (TPSA) is 72.3 Å². The van der Waals surface area contributed by atoms with Gasteiger partial charge in [0.2, 0.25) is 0 Å². The van der Waals surface area contributed by atoms with E-state index in [4.69, 9.17) is 4.74 Å². The Hall–Kier alpha value is -3.13. The fraction of sp³-hybridized carbons (Fsp3) is 0.150. The second-order valence-electron chi connectivity index (χ2n) is 6.11. The van der Waals surface area contributed by atoms with Gasteiger partial charge in [-0.3, -0.25) is 9.89 Å². The molecule has 0 aliphatic heterocycles. The molecule has 4 aromatic rings. The van der Waals surface area contributed by atoms with Crippen molar-refractivity contribution in [1.29, 1.82) is 0 Å². The van der Waals surface area contributed by atoms with Gasteiger partial charge in [0.05, 0.1) is 6.61 Å². The van der Waals surface area contributed by atoms with Crippen LogP contribution in [0.15, 0.2) is 64.5 Å². The quantitative estimate of drug-likeness (QED) is 0.397. The highest BCUT2D eigenvalue weighted by atomic mass is 32.2. The highest BCUT2D eigenvalue weighted by molar-refractivity contribution is 7.99. The normalized spacial score (nSPS) is 11.1. The van der Waals surface area contributed by atoms with Gasteiger partial charge in [-0.1, -0.05) is 30.0 Å². The van der Waals surface area contributed by atoms with Crippen LogP contribution in [0, 0.1) is 12.7 Å². The fourth-order valence-electron chi connectivity index (χ4n) is 2.71. The van der Waals surface area contributed by atoms with Crippen molar-refractivity contribution in [3.63, 3.8) is 0 Å². The maximum atomic E-state index is 13.2. The van der Waals surface area contributed by atoms with Gasteiger partial charge in [-0.15, -0.1) is 0 Å². The molecule has 0 bridgehead atoms. The van der Waals surface area contributed by atoms with E-state index < -0.39 is 0 Å². The third-order valence-corrected chi connectivity index (χ3v) is 5.00. The minimum absolute atomic E-state index is 0.261. The molecule has 1 N–H and O–H groups in total. The van der Waals surface area contributed by atoms with Crippen molar-refractivity contribution in [2.45, 2.75) is 12.1 Å². The predicted molar refractivity (Wildman–Crippen MR) is 106 cm³/mol. The summed E-state index contributed by atoms with van der Waals surface area (Å²) in [5, 5.41) is 3.28. The van der Waals surface area contributed by atoms with E-state index in [2.05, 4.69) is 15.1 Å². The molecule has 8 heteroatoms. The first kappa shape index (κ1) is 18.2. The number of para-hydroxylation sites is 1.